The van der Waals surface area contributed by atoms with Crippen LogP contribution in [0.25, 0.3) is 0 Å². The Morgan fingerprint density at radius 2 is 1.91 bits per heavy atom. The molecule has 2 saturated heterocycles. The van der Waals surface area contributed by atoms with Crippen molar-refractivity contribution in [3.63, 3.8) is 0 Å². The van der Waals surface area contributed by atoms with Gasteiger partial charge in [0.15, 0.2) is 11.6 Å². The van der Waals surface area contributed by atoms with Gasteiger partial charge in [-0.2, -0.15) is 0 Å². The molecule has 0 spiro atoms. The number of benzene rings is 1. The molecule has 4 rings (SSSR count). The van der Waals surface area contributed by atoms with E-state index in [4.69, 9.17) is 5.73 Å². The van der Waals surface area contributed by atoms with Crippen LogP contribution in [0.1, 0.15) is 37.3 Å². The van der Waals surface area contributed by atoms with Gasteiger partial charge in [-0.3, -0.25) is 9.80 Å². The Morgan fingerprint density at radius 1 is 1.12 bits per heavy atom. The summed E-state index contributed by atoms with van der Waals surface area (Å²) in [5.41, 5.74) is 7.12. The van der Waals surface area contributed by atoms with E-state index in [1.54, 1.807) is 24.4 Å². The predicted octanol–water partition coefficient (Wildman–Crippen LogP) is 2.66. The molecule has 0 amide bonds. The average Bonchev–Trinajstić information content (AvgIpc) is 2.81. The number of rotatable bonds is 6. The van der Waals surface area contributed by atoms with Crippen LogP contribution in [0.2, 0.25) is 0 Å². The van der Waals surface area contributed by atoms with Crippen LogP contribution in [0.15, 0.2) is 30.5 Å². The van der Waals surface area contributed by atoms with Gasteiger partial charge in [0, 0.05) is 62.6 Å². The zero-order valence-corrected chi connectivity index (χ0v) is 18.8. The van der Waals surface area contributed by atoms with E-state index in [0.717, 1.165) is 57.5 Å². The van der Waals surface area contributed by atoms with Crippen molar-refractivity contribution in [3.8, 4) is 11.5 Å². The summed E-state index contributed by atoms with van der Waals surface area (Å²) in [5, 5.41) is 19.8. The first kappa shape index (κ1) is 22.8. The monoisotopic (exact) mass is 443 g/mol. The number of hydrogen-bond acceptors (Lipinski definition) is 7. The third-order valence-corrected chi connectivity index (χ3v) is 6.90. The number of nitrogens with two attached hydrogens (primary N) is 1. The molecule has 0 saturated carbocycles. The zero-order valence-electron chi connectivity index (χ0n) is 18.8. The summed E-state index contributed by atoms with van der Waals surface area (Å²) in [5.74, 6) is 0.469. The van der Waals surface area contributed by atoms with Gasteiger partial charge in [0.2, 0.25) is 0 Å². The molecule has 7 nitrogen and oxygen atoms in total. The van der Waals surface area contributed by atoms with Gasteiger partial charge in [0.1, 0.15) is 11.6 Å². The van der Waals surface area contributed by atoms with Gasteiger partial charge in [0.05, 0.1) is 0 Å². The van der Waals surface area contributed by atoms with Crippen molar-refractivity contribution >= 4 is 5.82 Å². The van der Waals surface area contributed by atoms with Crippen molar-refractivity contribution in [1.82, 2.24) is 14.8 Å². The van der Waals surface area contributed by atoms with Crippen LogP contribution in [0.5, 0.6) is 11.5 Å². The summed E-state index contributed by atoms with van der Waals surface area (Å²) < 4.78 is 14.1. The Morgan fingerprint density at radius 3 is 2.56 bits per heavy atom. The number of aromatic nitrogens is 1. The van der Waals surface area contributed by atoms with Crippen molar-refractivity contribution < 1.29 is 14.6 Å². The molecule has 1 aromatic carbocycles. The molecule has 1 unspecified atom stereocenters. The van der Waals surface area contributed by atoms with Crippen LogP contribution in [-0.2, 0) is 13.1 Å². The molecular formula is C24H34FN5O2. The van der Waals surface area contributed by atoms with Gasteiger partial charge in [-0.25, -0.2) is 9.37 Å². The Bertz CT molecular complexity index is 919. The smallest absolute Gasteiger partial charge is 0.171 e. The highest BCUT2D eigenvalue weighted by atomic mass is 19.1. The number of halogens is 1. The predicted molar refractivity (Wildman–Crippen MR) is 123 cm³/mol. The Labute approximate surface area is 189 Å². The summed E-state index contributed by atoms with van der Waals surface area (Å²) in [4.78, 5) is 11.6. The second kappa shape index (κ2) is 10.0. The number of pyridine rings is 1. The van der Waals surface area contributed by atoms with Gasteiger partial charge in [0.25, 0.3) is 0 Å². The molecule has 0 radical (unpaired) electrons. The molecule has 1 aromatic heterocycles. The molecule has 2 fully saturated rings. The third-order valence-electron chi connectivity index (χ3n) is 6.90. The number of phenolic OH excluding ortho intramolecular Hbond substituents is 1. The number of nitrogens with zero attached hydrogens (tertiary/aromatic N) is 4. The Kier molecular flexibility index (Phi) is 7.13. The molecule has 2 aliphatic heterocycles. The van der Waals surface area contributed by atoms with Gasteiger partial charge in [-0.15, -0.1) is 0 Å². The van der Waals surface area contributed by atoms with Crippen molar-refractivity contribution in [1.29, 1.82) is 0 Å². The summed E-state index contributed by atoms with van der Waals surface area (Å²) in [6, 6.07) is 7.04. The molecule has 32 heavy (non-hydrogen) atoms. The average molecular weight is 444 g/mol. The van der Waals surface area contributed by atoms with E-state index >= 15 is 0 Å². The van der Waals surface area contributed by atoms with Crippen molar-refractivity contribution in [2.75, 3.05) is 37.6 Å². The van der Waals surface area contributed by atoms with Crippen LogP contribution < -0.4 is 10.6 Å². The minimum Gasteiger partial charge on any atom is -0.508 e. The quantitative estimate of drug-likeness (QED) is 0.632. The van der Waals surface area contributed by atoms with E-state index in [-0.39, 0.29) is 17.3 Å². The second-order valence-corrected chi connectivity index (χ2v) is 8.92. The molecule has 2 aliphatic rings. The van der Waals surface area contributed by atoms with Gasteiger partial charge in [-0.05, 0) is 50.0 Å². The topological polar surface area (TPSA) is 89.1 Å². The number of hydrogen-bond donors (Lipinski definition) is 3. The number of anilines is 1. The maximum Gasteiger partial charge on any atom is 0.171 e. The Balaban J connectivity index is 1.34. The lowest BCUT2D eigenvalue weighted by atomic mass is 9.97. The largest absolute Gasteiger partial charge is 0.508 e. The van der Waals surface area contributed by atoms with Crippen LogP contribution in [0, 0.1) is 5.82 Å². The van der Waals surface area contributed by atoms with Gasteiger partial charge >= 0.3 is 0 Å². The van der Waals surface area contributed by atoms with E-state index in [9.17, 15) is 14.6 Å². The first-order chi connectivity index (χ1) is 15.5. The van der Waals surface area contributed by atoms with Crippen molar-refractivity contribution in [2.45, 2.75) is 51.4 Å². The third kappa shape index (κ3) is 4.98. The van der Waals surface area contributed by atoms with Crippen molar-refractivity contribution in [2.24, 2.45) is 5.73 Å². The fourth-order valence-corrected chi connectivity index (χ4v) is 5.06. The molecule has 8 heteroatoms. The lowest BCUT2D eigenvalue weighted by Gasteiger charge is -2.47. The SMILES string of the molecule is CCC1CN(c2ncc(CN)cc2O)CCN1C1CCN(Cc2ccc(O)cc2F)CC1. The number of likely N-dealkylation sites (tertiary alicyclic amines) is 1. The summed E-state index contributed by atoms with van der Waals surface area (Å²) >= 11 is 0. The fourth-order valence-electron chi connectivity index (χ4n) is 5.06. The highest BCUT2D eigenvalue weighted by Crippen LogP contribution is 2.30. The molecule has 2 aromatic rings. The zero-order chi connectivity index (χ0) is 22.7. The first-order valence-electron chi connectivity index (χ1n) is 11.6. The minimum atomic E-state index is -0.342. The lowest BCUT2D eigenvalue weighted by molar-refractivity contribution is 0.0606. The van der Waals surface area contributed by atoms with Gasteiger partial charge < -0.3 is 20.8 Å². The standard InChI is InChI=1S/C24H34FN5O2/c1-2-19-16-29(24-23(32)11-17(13-26)14-27-24)9-10-30(19)20-5-7-28(8-6-20)15-18-3-4-21(31)12-22(18)25/h3-4,11-12,14,19-20,31-32H,2,5-10,13,15-16,26H2,1H3. The van der Waals surface area contributed by atoms with Crippen LogP contribution in [-0.4, -0.2) is 69.8 Å². The number of piperidine rings is 1. The number of phenols is 1. The van der Waals surface area contributed by atoms with E-state index in [1.807, 2.05) is 0 Å². The van der Waals surface area contributed by atoms with Crippen LogP contribution >= 0.6 is 0 Å². The van der Waals surface area contributed by atoms with E-state index in [2.05, 4.69) is 26.6 Å². The molecule has 3 heterocycles. The van der Waals surface area contributed by atoms with Crippen LogP contribution in [0.3, 0.4) is 0 Å². The van der Waals surface area contributed by atoms with Gasteiger partial charge in [-0.1, -0.05) is 13.0 Å². The lowest BCUT2D eigenvalue weighted by Crippen LogP contribution is -2.58. The number of piperazine rings is 1. The Hall–Kier alpha value is -2.42. The maximum atomic E-state index is 14.1. The summed E-state index contributed by atoms with van der Waals surface area (Å²) in [6.07, 6.45) is 4.90. The second-order valence-electron chi connectivity index (χ2n) is 8.92. The molecule has 0 aliphatic carbocycles. The van der Waals surface area contributed by atoms with Crippen molar-refractivity contribution in [3.05, 3.63) is 47.4 Å². The molecule has 0 bridgehead atoms. The van der Waals surface area contributed by atoms with E-state index in [0.29, 0.717) is 36.6 Å². The summed E-state index contributed by atoms with van der Waals surface area (Å²) in [7, 11) is 0. The minimum absolute atomic E-state index is 0.0337. The van der Waals surface area contributed by atoms with E-state index in [1.165, 1.54) is 6.07 Å². The first-order valence-corrected chi connectivity index (χ1v) is 11.6. The normalized spacial score (nSPS) is 21.2. The highest BCUT2D eigenvalue weighted by Gasteiger charge is 2.34. The van der Waals surface area contributed by atoms with Crippen LogP contribution in [0.4, 0.5) is 10.2 Å². The molecule has 4 N–H and O–H groups in total. The molecular weight excluding hydrogens is 409 g/mol. The van der Waals surface area contributed by atoms with E-state index < -0.39 is 0 Å². The molecule has 174 valence electrons. The number of aromatic hydroxyl groups is 2. The molecule has 1 atom stereocenters. The maximum absolute atomic E-state index is 14.1. The highest BCUT2D eigenvalue weighted by molar-refractivity contribution is 5.53. The fraction of sp³-hybridized carbons (Fsp3) is 0.542. The summed E-state index contributed by atoms with van der Waals surface area (Å²) in [6.45, 7) is 7.65.